The van der Waals surface area contributed by atoms with Crippen molar-refractivity contribution in [2.24, 2.45) is 0 Å². The fourth-order valence-corrected chi connectivity index (χ4v) is 3.17. The molecule has 0 saturated heterocycles. The number of hydrogen-bond acceptors (Lipinski definition) is 3. The van der Waals surface area contributed by atoms with Crippen LogP contribution in [0.3, 0.4) is 0 Å². The number of hydrogen-bond donors (Lipinski definition) is 1. The minimum Gasteiger partial charge on any atom is -0.346 e. The molecule has 0 aromatic heterocycles. The van der Waals surface area contributed by atoms with Crippen LogP contribution >= 0.6 is 0 Å². The molecule has 0 radical (unpaired) electrons. The Balaban J connectivity index is 2.15. The maximum atomic E-state index is 12.4. The van der Waals surface area contributed by atoms with Gasteiger partial charge in [0.05, 0.1) is 10.9 Å². The molecule has 1 unspecified atom stereocenters. The van der Waals surface area contributed by atoms with Crippen molar-refractivity contribution in [3.05, 3.63) is 65.2 Å². The Bertz CT molecular complexity index is 863. The molecular weight excluding hydrogens is 334 g/mol. The van der Waals surface area contributed by atoms with E-state index in [0.717, 1.165) is 11.8 Å². The standard InChI is InChI=1S/C20H25NO3S/c1-14(15-9-11-17(12-10-15)20(2,3)4)21-19(22)16-7-6-8-18(13-16)25(5,23)24/h6-14H,1-5H3,(H,21,22). The summed E-state index contributed by atoms with van der Waals surface area (Å²) in [4.78, 5) is 12.6. The number of benzene rings is 2. The van der Waals surface area contributed by atoms with Gasteiger partial charge in [0.2, 0.25) is 0 Å². The molecular formula is C20H25NO3S. The Morgan fingerprint density at radius 2 is 1.64 bits per heavy atom. The van der Waals surface area contributed by atoms with Crippen molar-refractivity contribution in [1.29, 1.82) is 0 Å². The van der Waals surface area contributed by atoms with E-state index in [0.29, 0.717) is 5.56 Å². The first-order valence-corrected chi connectivity index (χ1v) is 10.1. The van der Waals surface area contributed by atoms with Gasteiger partial charge < -0.3 is 5.32 Å². The first-order valence-electron chi connectivity index (χ1n) is 8.20. The van der Waals surface area contributed by atoms with E-state index in [4.69, 9.17) is 0 Å². The molecule has 4 nitrogen and oxygen atoms in total. The number of sulfone groups is 1. The molecule has 25 heavy (non-hydrogen) atoms. The first kappa shape index (κ1) is 19.2. The summed E-state index contributed by atoms with van der Waals surface area (Å²) < 4.78 is 23.3. The maximum Gasteiger partial charge on any atom is 0.251 e. The second-order valence-corrected chi connectivity index (χ2v) is 9.38. The van der Waals surface area contributed by atoms with Crippen molar-refractivity contribution in [3.63, 3.8) is 0 Å². The van der Waals surface area contributed by atoms with Crippen molar-refractivity contribution < 1.29 is 13.2 Å². The molecule has 0 saturated carbocycles. The van der Waals surface area contributed by atoms with Crippen LogP contribution in [-0.2, 0) is 15.3 Å². The molecule has 1 atom stereocenters. The Hall–Kier alpha value is -2.14. The third-order valence-electron chi connectivity index (χ3n) is 4.15. The van der Waals surface area contributed by atoms with Gasteiger partial charge >= 0.3 is 0 Å². The molecule has 2 rings (SSSR count). The summed E-state index contributed by atoms with van der Waals surface area (Å²) in [5.74, 6) is -0.294. The predicted octanol–water partition coefficient (Wildman–Crippen LogP) is 3.88. The summed E-state index contributed by atoms with van der Waals surface area (Å²) in [6.07, 6.45) is 1.13. The monoisotopic (exact) mass is 359 g/mol. The van der Waals surface area contributed by atoms with E-state index in [1.165, 1.54) is 17.7 Å². The van der Waals surface area contributed by atoms with Gasteiger partial charge in [0.25, 0.3) is 5.91 Å². The molecule has 0 aliphatic rings. The summed E-state index contributed by atoms with van der Waals surface area (Å²) in [6, 6.07) is 14.1. The van der Waals surface area contributed by atoms with Gasteiger partial charge in [-0.3, -0.25) is 4.79 Å². The topological polar surface area (TPSA) is 63.2 Å². The van der Waals surface area contributed by atoms with Gasteiger partial charge in [-0.2, -0.15) is 0 Å². The second kappa shape index (κ2) is 7.00. The molecule has 0 heterocycles. The van der Waals surface area contributed by atoms with Crippen LogP contribution in [0.25, 0.3) is 0 Å². The normalized spacial score (nSPS) is 13.3. The third-order valence-corrected chi connectivity index (χ3v) is 5.26. The first-order chi connectivity index (χ1) is 11.5. The molecule has 1 N–H and O–H groups in total. The van der Waals surface area contributed by atoms with E-state index in [1.807, 2.05) is 19.1 Å². The van der Waals surface area contributed by atoms with E-state index in [9.17, 15) is 13.2 Å². The van der Waals surface area contributed by atoms with Gasteiger partial charge in [-0.15, -0.1) is 0 Å². The lowest BCUT2D eigenvalue weighted by molar-refractivity contribution is 0.0939. The van der Waals surface area contributed by atoms with Crippen molar-refractivity contribution in [3.8, 4) is 0 Å². The molecule has 0 spiro atoms. The summed E-state index contributed by atoms with van der Waals surface area (Å²) >= 11 is 0. The number of carbonyl (C=O) groups excluding carboxylic acids is 1. The maximum absolute atomic E-state index is 12.4. The zero-order valence-electron chi connectivity index (χ0n) is 15.3. The number of carbonyl (C=O) groups is 1. The van der Waals surface area contributed by atoms with Crippen LogP contribution in [0.5, 0.6) is 0 Å². The molecule has 5 heteroatoms. The third kappa shape index (κ3) is 4.92. The summed E-state index contributed by atoms with van der Waals surface area (Å²) in [5, 5.41) is 2.92. The number of amides is 1. The summed E-state index contributed by atoms with van der Waals surface area (Å²) in [5.41, 5.74) is 2.65. The Kier molecular flexibility index (Phi) is 5.37. The number of rotatable bonds is 4. The van der Waals surface area contributed by atoms with Gasteiger partial charge in [-0.25, -0.2) is 8.42 Å². The van der Waals surface area contributed by atoms with Crippen LogP contribution in [-0.4, -0.2) is 20.6 Å². The van der Waals surface area contributed by atoms with Gasteiger partial charge in [-0.1, -0.05) is 51.1 Å². The largest absolute Gasteiger partial charge is 0.346 e. The van der Waals surface area contributed by atoms with Crippen LogP contribution in [0.4, 0.5) is 0 Å². The lowest BCUT2D eigenvalue weighted by atomic mass is 9.86. The fourth-order valence-electron chi connectivity index (χ4n) is 2.50. The molecule has 2 aromatic carbocycles. The highest BCUT2D eigenvalue weighted by Gasteiger charge is 2.16. The molecule has 0 fully saturated rings. The van der Waals surface area contributed by atoms with Crippen molar-refractivity contribution in [2.45, 2.75) is 44.0 Å². The van der Waals surface area contributed by atoms with E-state index < -0.39 is 9.84 Å². The van der Waals surface area contributed by atoms with Gasteiger partial charge in [0.15, 0.2) is 9.84 Å². The fraction of sp³-hybridized carbons (Fsp3) is 0.350. The average molecular weight is 359 g/mol. The highest BCUT2D eigenvalue weighted by atomic mass is 32.2. The quantitative estimate of drug-likeness (QED) is 0.901. The minimum absolute atomic E-state index is 0.0805. The van der Waals surface area contributed by atoms with Crippen LogP contribution in [0.2, 0.25) is 0 Å². The van der Waals surface area contributed by atoms with E-state index in [1.54, 1.807) is 12.1 Å². The van der Waals surface area contributed by atoms with Crippen molar-refractivity contribution in [2.75, 3.05) is 6.26 Å². The Morgan fingerprint density at radius 3 is 2.16 bits per heavy atom. The van der Waals surface area contributed by atoms with Crippen molar-refractivity contribution >= 4 is 15.7 Å². The van der Waals surface area contributed by atoms with Gasteiger partial charge in [0.1, 0.15) is 0 Å². The van der Waals surface area contributed by atoms with Crippen LogP contribution in [0.15, 0.2) is 53.4 Å². The molecule has 1 amide bonds. The van der Waals surface area contributed by atoms with Crippen LogP contribution in [0, 0.1) is 0 Å². The second-order valence-electron chi connectivity index (χ2n) is 7.37. The molecule has 2 aromatic rings. The van der Waals surface area contributed by atoms with Gasteiger partial charge in [-0.05, 0) is 41.7 Å². The predicted molar refractivity (Wildman–Crippen MR) is 101 cm³/mol. The molecule has 0 aliphatic heterocycles. The van der Waals surface area contributed by atoms with E-state index in [-0.39, 0.29) is 22.3 Å². The minimum atomic E-state index is -3.34. The zero-order valence-corrected chi connectivity index (χ0v) is 16.1. The zero-order chi connectivity index (χ0) is 18.8. The highest BCUT2D eigenvalue weighted by Crippen LogP contribution is 2.24. The molecule has 0 bridgehead atoms. The Labute approximate surface area is 150 Å². The Morgan fingerprint density at radius 1 is 1.04 bits per heavy atom. The molecule has 0 aliphatic carbocycles. The van der Waals surface area contributed by atoms with Crippen LogP contribution < -0.4 is 5.32 Å². The summed E-state index contributed by atoms with van der Waals surface area (Å²) in [6.45, 7) is 8.37. The average Bonchev–Trinajstić information content (AvgIpc) is 2.53. The lowest BCUT2D eigenvalue weighted by Crippen LogP contribution is -2.26. The van der Waals surface area contributed by atoms with Crippen molar-refractivity contribution in [1.82, 2.24) is 5.32 Å². The number of nitrogens with one attached hydrogen (secondary N) is 1. The van der Waals surface area contributed by atoms with Crippen LogP contribution in [0.1, 0.15) is 55.2 Å². The smallest absolute Gasteiger partial charge is 0.251 e. The van der Waals surface area contributed by atoms with Gasteiger partial charge in [0, 0.05) is 11.8 Å². The summed E-state index contributed by atoms with van der Waals surface area (Å²) in [7, 11) is -3.34. The van der Waals surface area contributed by atoms with E-state index >= 15 is 0 Å². The SMILES string of the molecule is CC(NC(=O)c1cccc(S(C)(=O)=O)c1)c1ccc(C(C)(C)C)cc1. The highest BCUT2D eigenvalue weighted by molar-refractivity contribution is 7.90. The van der Waals surface area contributed by atoms with E-state index in [2.05, 4.69) is 38.2 Å². The molecule has 134 valence electrons. The lowest BCUT2D eigenvalue weighted by Gasteiger charge is -2.20.